The standard InChI is InChI=1S/C18H19BrN2O3/c19-15-2-5-17(6-3-15)24-13-16(21-11-12-23-18(21)22)4-1-14-7-9-20-10-8-14/h2-3,5-10,16H,1,4,11-13H2. The van der Waals surface area contributed by atoms with Crippen molar-refractivity contribution in [3.05, 3.63) is 58.8 Å². The molecule has 1 amide bonds. The molecule has 0 saturated carbocycles. The molecule has 0 radical (unpaired) electrons. The number of hydrogen-bond acceptors (Lipinski definition) is 4. The number of pyridine rings is 1. The normalized spacial score (nSPS) is 15.2. The molecule has 1 saturated heterocycles. The smallest absolute Gasteiger partial charge is 0.410 e. The first kappa shape index (κ1) is 16.8. The van der Waals surface area contributed by atoms with Crippen LogP contribution in [-0.4, -0.2) is 41.8 Å². The molecule has 1 aliphatic heterocycles. The fourth-order valence-corrected chi connectivity index (χ4v) is 2.94. The minimum atomic E-state index is -0.255. The Morgan fingerprint density at radius 2 is 1.96 bits per heavy atom. The van der Waals surface area contributed by atoms with Gasteiger partial charge in [-0.15, -0.1) is 0 Å². The highest BCUT2D eigenvalue weighted by Crippen LogP contribution is 2.19. The highest BCUT2D eigenvalue weighted by molar-refractivity contribution is 9.10. The summed E-state index contributed by atoms with van der Waals surface area (Å²) < 4.78 is 12.0. The van der Waals surface area contributed by atoms with Crippen molar-refractivity contribution in [2.24, 2.45) is 0 Å². The van der Waals surface area contributed by atoms with Gasteiger partial charge >= 0.3 is 6.09 Å². The molecule has 1 atom stereocenters. The maximum atomic E-state index is 11.9. The van der Waals surface area contributed by atoms with Crippen molar-refractivity contribution in [1.82, 2.24) is 9.88 Å². The van der Waals surface area contributed by atoms with Crippen LogP contribution in [0.25, 0.3) is 0 Å². The van der Waals surface area contributed by atoms with E-state index in [0.717, 1.165) is 23.1 Å². The number of cyclic esters (lactones) is 1. The summed E-state index contributed by atoms with van der Waals surface area (Å²) in [5.74, 6) is 0.791. The first-order valence-electron chi connectivity index (χ1n) is 7.93. The third-order valence-electron chi connectivity index (χ3n) is 4.00. The van der Waals surface area contributed by atoms with Crippen molar-refractivity contribution in [3.8, 4) is 5.75 Å². The van der Waals surface area contributed by atoms with E-state index in [0.29, 0.717) is 19.8 Å². The van der Waals surface area contributed by atoms with E-state index < -0.39 is 0 Å². The summed E-state index contributed by atoms with van der Waals surface area (Å²) in [7, 11) is 0. The van der Waals surface area contributed by atoms with Crippen LogP contribution in [0.4, 0.5) is 4.79 Å². The summed E-state index contributed by atoms with van der Waals surface area (Å²) in [6.07, 6.45) is 4.99. The van der Waals surface area contributed by atoms with Gasteiger partial charge in [0, 0.05) is 16.9 Å². The van der Waals surface area contributed by atoms with Crippen LogP contribution in [0.1, 0.15) is 12.0 Å². The molecular weight excluding hydrogens is 372 g/mol. The lowest BCUT2D eigenvalue weighted by atomic mass is 10.1. The van der Waals surface area contributed by atoms with Crippen molar-refractivity contribution in [2.45, 2.75) is 18.9 Å². The first-order valence-corrected chi connectivity index (χ1v) is 8.72. The average Bonchev–Trinajstić information content (AvgIpc) is 3.03. The van der Waals surface area contributed by atoms with Gasteiger partial charge in [-0.05, 0) is 54.8 Å². The first-order chi connectivity index (χ1) is 11.7. The quantitative estimate of drug-likeness (QED) is 0.723. The van der Waals surface area contributed by atoms with Gasteiger partial charge in [-0.3, -0.25) is 9.88 Å². The number of aromatic nitrogens is 1. The Bertz CT molecular complexity index is 664. The second kappa shape index (κ2) is 8.15. The molecule has 2 aromatic rings. The molecule has 5 nitrogen and oxygen atoms in total. The zero-order chi connectivity index (χ0) is 16.8. The predicted molar refractivity (Wildman–Crippen MR) is 94.0 cm³/mol. The minimum absolute atomic E-state index is 0.0168. The molecule has 1 fully saturated rings. The molecule has 1 aliphatic rings. The van der Waals surface area contributed by atoms with Gasteiger partial charge in [0.25, 0.3) is 0 Å². The van der Waals surface area contributed by atoms with Gasteiger partial charge in [0.15, 0.2) is 0 Å². The summed E-state index contributed by atoms with van der Waals surface area (Å²) in [4.78, 5) is 17.7. The Morgan fingerprint density at radius 3 is 2.62 bits per heavy atom. The third-order valence-corrected chi connectivity index (χ3v) is 4.53. The van der Waals surface area contributed by atoms with E-state index in [9.17, 15) is 4.79 Å². The van der Waals surface area contributed by atoms with E-state index in [1.165, 1.54) is 5.56 Å². The lowest BCUT2D eigenvalue weighted by Crippen LogP contribution is -2.40. The number of carbonyl (C=O) groups is 1. The van der Waals surface area contributed by atoms with E-state index in [1.54, 1.807) is 17.3 Å². The van der Waals surface area contributed by atoms with Crippen molar-refractivity contribution >= 4 is 22.0 Å². The zero-order valence-electron chi connectivity index (χ0n) is 13.2. The van der Waals surface area contributed by atoms with Crippen LogP contribution in [0.15, 0.2) is 53.3 Å². The van der Waals surface area contributed by atoms with Crippen molar-refractivity contribution in [2.75, 3.05) is 19.8 Å². The van der Waals surface area contributed by atoms with Gasteiger partial charge < -0.3 is 9.47 Å². The van der Waals surface area contributed by atoms with Crippen LogP contribution < -0.4 is 4.74 Å². The molecular formula is C18H19BrN2O3. The van der Waals surface area contributed by atoms with Crippen LogP contribution in [0.5, 0.6) is 5.75 Å². The van der Waals surface area contributed by atoms with E-state index in [4.69, 9.17) is 9.47 Å². The number of hydrogen-bond donors (Lipinski definition) is 0. The average molecular weight is 391 g/mol. The van der Waals surface area contributed by atoms with Crippen LogP contribution in [-0.2, 0) is 11.2 Å². The number of amides is 1. The Labute approximate surface area is 149 Å². The summed E-state index contributed by atoms with van der Waals surface area (Å²) in [5.41, 5.74) is 1.20. The molecule has 126 valence electrons. The maximum absolute atomic E-state index is 11.9. The molecule has 0 N–H and O–H groups in total. The van der Waals surface area contributed by atoms with Crippen LogP contribution >= 0.6 is 15.9 Å². The SMILES string of the molecule is O=C1OCCN1C(CCc1ccncc1)COc1ccc(Br)cc1. The maximum Gasteiger partial charge on any atom is 0.410 e. The van der Waals surface area contributed by atoms with Crippen molar-refractivity contribution in [1.29, 1.82) is 0 Å². The number of benzene rings is 1. The number of ether oxygens (including phenoxy) is 2. The molecule has 2 heterocycles. The lowest BCUT2D eigenvalue weighted by molar-refractivity contribution is 0.128. The molecule has 6 heteroatoms. The van der Waals surface area contributed by atoms with Crippen LogP contribution in [0.2, 0.25) is 0 Å². The fourth-order valence-electron chi connectivity index (χ4n) is 2.67. The van der Waals surface area contributed by atoms with Crippen LogP contribution in [0, 0.1) is 0 Å². The molecule has 0 aliphatic carbocycles. The number of nitrogens with zero attached hydrogens (tertiary/aromatic N) is 2. The van der Waals surface area contributed by atoms with E-state index in [1.807, 2.05) is 36.4 Å². The van der Waals surface area contributed by atoms with E-state index in [2.05, 4.69) is 20.9 Å². The summed E-state index contributed by atoms with van der Waals surface area (Å²) in [6, 6.07) is 11.7. The van der Waals surface area contributed by atoms with Gasteiger partial charge in [0.05, 0.1) is 12.6 Å². The largest absolute Gasteiger partial charge is 0.491 e. The second-order valence-corrected chi connectivity index (χ2v) is 6.54. The molecule has 1 aromatic carbocycles. The third kappa shape index (κ3) is 4.47. The Morgan fingerprint density at radius 1 is 1.21 bits per heavy atom. The Hall–Kier alpha value is -2.08. The molecule has 1 unspecified atom stereocenters. The van der Waals surface area contributed by atoms with Gasteiger partial charge in [0.1, 0.15) is 19.0 Å². The summed E-state index contributed by atoms with van der Waals surface area (Å²) >= 11 is 3.41. The highest BCUT2D eigenvalue weighted by atomic mass is 79.9. The fraction of sp³-hybridized carbons (Fsp3) is 0.333. The monoisotopic (exact) mass is 390 g/mol. The van der Waals surface area contributed by atoms with E-state index in [-0.39, 0.29) is 12.1 Å². The summed E-state index contributed by atoms with van der Waals surface area (Å²) in [6.45, 7) is 1.51. The zero-order valence-corrected chi connectivity index (χ0v) is 14.8. The molecule has 0 spiro atoms. The van der Waals surface area contributed by atoms with E-state index >= 15 is 0 Å². The Balaban J connectivity index is 1.62. The predicted octanol–water partition coefficient (Wildman–Crippen LogP) is 3.68. The molecule has 24 heavy (non-hydrogen) atoms. The molecule has 3 rings (SSSR count). The van der Waals surface area contributed by atoms with Crippen LogP contribution in [0.3, 0.4) is 0 Å². The number of aryl methyl sites for hydroxylation is 1. The van der Waals surface area contributed by atoms with Gasteiger partial charge in [-0.1, -0.05) is 15.9 Å². The molecule has 0 bridgehead atoms. The van der Waals surface area contributed by atoms with Gasteiger partial charge in [-0.2, -0.15) is 0 Å². The van der Waals surface area contributed by atoms with Gasteiger partial charge in [-0.25, -0.2) is 4.79 Å². The molecule has 1 aromatic heterocycles. The Kier molecular flexibility index (Phi) is 5.69. The second-order valence-electron chi connectivity index (χ2n) is 5.62. The highest BCUT2D eigenvalue weighted by Gasteiger charge is 2.30. The van der Waals surface area contributed by atoms with Crippen molar-refractivity contribution < 1.29 is 14.3 Å². The summed E-state index contributed by atoms with van der Waals surface area (Å²) in [5, 5.41) is 0. The lowest BCUT2D eigenvalue weighted by Gasteiger charge is -2.25. The van der Waals surface area contributed by atoms with Gasteiger partial charge in [0.2, 0.25) is 0 Å². The van der Waals surface area contributed by atoms with Crippen molar-refractivity contribution in [3.63, 3.8) is 0 Å². The number of halogens is 1. The number of rotatable bonds is 7. The topological polar surface area (TPSA) is 51.7 Å². The number of carbonyl (C=O) groups excluding carboxylic acids is 1. The minimum Gasteiger partial charge on any atom is -0.491 e.